The monoisotopic (exact) mass is 168 g/mol. The second-order valence-electron chi connectivity index (χ2n) is 5.04. The molecule has 12 heavy (non-hydrogen) atoms. The highest BCUT2D eigenvalue weighted by atomic mass is 16.1. The van der Waals surface area contributed by atoms with Crippen LogP contribution in [0.15, 0.2) is 0 Å². The van der Waals surface area contributed by atoms with Crippen LogP contribution in [0.2, 0.25) is 0 Å². The minimum atomic E-state index is 0.240. The van der Waals surface area contributed by atoms with E-state index in [9.17, 15) is 4.79 Å². The molecule has 70 valence electrons. The van der Waals surface area contributed by atoms with Crippen molar-refractivity contribution in [1.82, 2.24) is 0 Å². The first kappa shape index (κ1) is 9.76. The van der Waals surface area contributed by atoms with Crippen LogP contribution in [0, 0.1) is 17.3 Å². The van der Waals surface area contributed by atoms with E-state index in [1.54, 1.807) is 6.92 Å². The van der Waals surface area contributed by atoms with Gasteiger partial charge >= 0.3 is 0 Å². The zero-order valence-electron chi connectivity index (χ0n) is 8.68. The second kappa shape index (κ2) is 3.20. The summed E-state index contributed by atoms with van der Waals surface area (Å²) in [6.07, 6.45) is 3.54. The van der Waals surface area contributed by atoms with E-state index in [-0.39, 0.29) is 5.41 Å². The molecule has 1 aliphatic carbocycles. The van der Waals surface area contributed by atoms with Crippen molar-refractivity contribution in [1.29, 1.82) is 0 Å². The minimum Gasteiger partial charge on any atom is -0.300 e. The highest BCUT2D eigenvalue weighted by Gasteiger charge is 2.37. The first-order chi connectivity index (χ1) is 5.43. The Morgan fingerprint density at radius 3 is 2.33 bits per heavy atom. The molecule has 1 fully saturated rings. The fraction of sp³-hybridized carbons (Fsp3) is 0.909. The van der Waals surface area contributed by atoms with E-state index in [2.05, 4.69) is 20.8 Å². The number of rotatable bonds is 1. The molecule has 0 N–H and O–H groups in total. The molecule has 0 aromatic heterocycles. The Balaban J connectivity index is 2.70. The third-order valence-corrected chi connectivity index (χ3v) is 3.26. The zero-order valence-corrected chi connectivity index (χ0v) is 8.68. The van der Waals surface area contributed by atoms with E-state index in [0.29, 0.717) is 11.7 Å². The molecule has 0 spiro atoms. The Kier molecular flexibility index (Phi) is 2.60. The summed E-state index contributed by atoms with van der Waals surface area (Å²) >= 11 is 0. The third kappa shape index (κ3) is 1.88. The van der Waals surface area contributed by atoms with E-state index in [1.807, 2.05) is 0 Å². The van der Waals surface area contributed by atoms with Gasteiger partial charge in [-0.05, 0) is 37.5 Å². The highest BCUT2D eigenvalue weighted by Crippen LogP contribution is 2.43. The van der Waals surface area contributed by atoms with Crippen molar-refractivity contribution in [3.63, 3.8) is 0 Å². The van der Waals surface area contributed by atoms with Crippen LogP contribution < -0.4 is 0 Å². The summed E-state index contributed by atoms with van der Waals surface area (Å²) in [5, 5.41) is 0. The van der Waals surface area contributed by atoms with Crippen LogP contribution in [-0.2, 0) is 4.79 Å². The van der Waals surface area contributed by atoms with Gasteiger partial charge in [-0.15, -0.1) is 0 Å². The SMILES string of the molecule is CC(=O)C1CCC(C)CC1(C)C. The summed E-state index contributed by atoms with van der Waals surface area (Å²) in [4.78, 5) is 11.3. The molecule has 2 unspecified atom stereocenters. The first-order valence-electron chi connectivity index (χ1n) is 4.94. The molecule has 1 saturated carbocycles. The Bertz CT molecular complexity index is 181. The van der Waals surface area contributed by atoms with Crippen LogP contribution in [0.5, 0.6) is 0 Å². The van der Waals surface area contributed by atoms with E-state index in [1.165, 1.54) is 12.8 Å². The van der Waals surface area contributed by atoms with Crippen LogP contribution >= 0.6 is 0 Å². The topological polar surface area (TPSA) is 17.1 Å². The van der Waals surface area contributed by atoms with Crippen LogP contribution in [0.25, 0.3) is 0 Å². The van der Waals surface area contributed by atoms with E-state index in [0.717, 1.165) is 12.3 Å². The van der Waals surface area contributed by atoms with Crippen molar-refractivity contribution < 1.29 is 4.79 Å². The molecule has 0 aromatic rings. The Labute approximate surface area is 75.5 Å². The second-order valence-corrected chi connectivity index (χ2v) is 5.04. The molecule has 1 aliphatic rings. The summed E-state index contributed by atoms with van der Waals surface area (Å²) < 4.78 is 0. The molecular weight excluding hydrogens is 148 g/mol. The predicted octanol–water partition coefficient (Wildman–Crippen LogP) is 3.04. The molecule has 0 heterocycles. The number of hydrogen-bond acceptors (Lipinski definition) is 1. The molecular formula is C11H20O. The van der Waals surface area contributed by atoms with Crippen molar-refractivity contribution in [3.05, 3.63) is 0 Å². The lowest BCUT2D eigenvalue weighted by atomic mass is 9.64. The molecule has 1 rings (SSSR count). The molecule has 0 aromatic carbocycles. The van der Waals surface area contributed by atoms with E-state index in [4.69, 9.17) is 0 Å². The lowest BCUT2D eigenvalue weighted by Crippen LogP contribution is -2.35. The summed E-state index contributed by atoms with van der Waals surface area (Å²) in [5.41, 5.74) is 0.240. The number of ketones is 1. The molecule has 2 atom stereocenters. The lowest BCUT2D eigenvalue weighted by molar-refractivity contribution is -0.126. The van der Waals surface area contributed by atoms with Crippen molar-refractivity contribution in [2.75, 3.05) is 0 Å². The van der Waals surface area contributed by atoms with Crippen LogP contribution in [0.3, 0.4) is 0 Å². The molecule has 1 heteroatoms. The fourth-order valence-corrected chi connectivity index (χ4v) is 2.74. The number of carbonyl (C=O) groups excluding carboxylic acids is 1. The maximum absolute atomic E-state index is 11.3. The molecule has 0 bridgehead atoms. The quantitative estimate of drug-likeness (QED) is 0.588. The molecule has 0 aliphatic heterocycles. The molecule has 0 amide bonds. The van der Waals surface area contributed by atoms with Gasteiger partial charge in [0.2, 0.25) is 0 Å². The first-order valence-corrected chi connectivity index (χ1v) is 4.94. The van der Waals surface area contributed by atoms with Crippen molar-refractivity contribution in [2.24, 2.45) is 17.3 Å². The van der Waals surface area contributed by atoms with Crippen molar-refractivity contribution >= 4 is 5.78 Å². The highest BCUT2D eigenvalue weighted by molar-refractivity contribution is 5.79. The average Bonchev–Trinajstić information content (AvgIpc) is 1.82. The smallest absolute Gasteiger partial charge is 0.133 e. The molecule has 0 radical (unpaired) electrons. The van der Waals surface area contributed by atoms with Gasteiger partial charge in [-0.25, -0.2) is 0 Å². The maximum Gasteiger partial charge on any atom is 0.133 e. The zero-order chi connectivity index (χ0) is 9.35. The van der Waals surface area contributed by atoms with Crippen molar-refractivity contribution in [2.45, 2.75) is 47.0 Å². The van der Waals surface area contributed by atoms with Gasteiger partial charge in [0.25, 0.3) is 0 Å². The Morgan fingerprint density at radius 1 is 1.33 bits per heavy atom. The van der Waals surface area contributed by atoms with Gasteiger partial charge in [0.15, 0.2) is 0 Å². The summed E-state index contributed by atoms with van der Waals surface area (Å²) in [6, 6.07) is 0. The van der Waals surface area contributed by atoms with Crippen LogP contribution in [0.1, 0.15) is 47.0 Å². The average molecular weight is 168 g/mol. The Morgan fingerprint density at radius 2 is 1.92 bits per heavy atom. The van der Waals surface area contributed by atoms with Gasteiger partial charge in [0, 0.05) is 5.92 Å². The summed E-state index contributed by atoms with van der Waals surface area (Å²) in [7, 11) is 0. The molecule has 1 nitrogen and oxygen atoms in total. The largest absolute Gasteiger partial charge is 0.300 e. The minimum absolute atomic E-state index is 0.240. The third-order valence-electron chi connectivity index (χ3n) is 3.26. The normalized spacial score (nSPS) is 34.7. The van der Waals surface area contributed by atoms with Gasteiger partial charge in [-0.2, -0.15) is 0 Å². The standard InChI is InChI=1S/C11H20O/c1-8-5-6-10(9(2)12)11(3,4)7-8/h8,10H,5-7H2,1-4H3. The Hall–Kier alpha value is -0.330. The number of hydrogen-bond donors (Lipinski definition) is 0. The lowest BCUT2D eigenvalue weighted by Gasteiger charge is -2.40. The molecule has 0 saturated heterocycles. The van der Waals surface area contributed by atoms with Gasteiger partial charge < -0.3 is 0 Å². The van der Waals surface area contributed by atoms with Gasteiger partial charge in [-0.1, -0.05) is 20.8 Å². The van der Waals surface area contributed by atoms with E-state index >= 15 is 0 Å². The fourth-order valence-electron chi connectivity index (χ4n) is 2.74. The van der Waals surface area contributed by atoms with Gasteiger partial charge in [0.1, 0.15) is 5.78 Å². The number of Topliss-reactive ketones (excluding diaryl/α,β-unsaturated/α-hetero) is 1. The maximum atomic E-state index is 11.3. The van der Waals surface area contributed by atoms with Crippen LogP contribution in [0.4, 0.5) is 0 Å². The van der Waals surface area contributed by atoms with Gasteiger partial charge in [0.05, 0.1) is 0 Å². The van der Waals surface area contributed by atoms with Crippen LogP contribution in [-0.4, -0.2) is 5.78 Å². The van der Waals surface area contributed by atoms with Gasteiger partial charge in [-0.3, -0.25) is 4.79 Å². The van der Waals surface area contributed by atoms with E-state index < -0.39 is 0 Å². The summed E-state index contributed by atoms with van der Waals surface area (Å²) in [6.45, 7) is 8.49. The van der Waals surface area contributed by atoms with Crippen molar-refractivity contribution in [3.8, 4) is 0 Å². The summed E-state index contributed by atoms with van der Waals surface area (Å²) in [5.74, 6) is 1.50. The predicted molar refractivity (Wildman–Crippen MR) is 51.0 cm³/mol. The number of carbonyl (C=O) groups is 1.